The monoisotopic (exact) mass is 299 g/mol. The van der Waals surface area contributed by atoms with Crippen LogP contribution in [-0.2, 0) is 4.79 Å². The summed E-state index contributed by atoms with van der Waals surface area (Å²) in [6.45, 7) is 6.43. The Balaban J connectivity index is 2.54. The molecular weight excluding hydrogens is 278 g/mol. The van der Waals surface area contributed by atoms with Crippen LogP contribution in [0, 0.1) is 0 Å². The predicted octanol–water partition coefficient (Wildman–Crippen LogP) is 0.802. The standard InChI is InChI=1S/C12H21N5O2S/c1-4-5-14-12-17-10(13)9(20-12)11(19)15-6-8(18)16-7(2)3/h7H,4-6,13H2,1-3H3,(H,14,17)(H,15,19)(H,16,18). The molecule has 0 atom stereocenters. The summed E-state index contributed by atoms with van der Waals surface area (Å²) in [4.78, 5) is 27.7. The molecule has 0 spiro atoms. The van der Waals surface area contributed by atoms with Crippen LogP contribution in [0.15, 0.2) is 0 Å². The zero-order chi connectivity index (χ0) is 15.1. The number of hydrogen-bond donors (Lipinski definition) is 4. The number of nitrogens with zero attached hydrogens (tertiary/aromatic N) is 1. The van der Waals surface area contributed by atoms with Gasteiger partial charge in [0.15, 0.2) is 5.13 Å². The molecule has 112 valence electrons. The van der Waals surface area contributed by atoms with Gasteiger partial charge >= 0.3 is 0 Å². The molecule has 1 heterocycles. The third-order valence-corrected chi connectivity index (χ3v) is 3.27. The molecule has 0 saturated carbocycles. The Morgan fingerprint density at radius 3 is 2.70 bits per heavy atom. The summed E-state index contributed by atoms with van der Waals surface area (Å²) in [6, 6.07) is 0.0396. The smallest absolute Gasteiger partial charge is 0.265 e. The van der Waals surface area contributed by atoms with Crippen molar-refractivity contribution in [2.24, 2.45) is 0 Å². The number of thiazole rings is 1. The van der Waals surface area contributed by atoms with Crippen LogP contribution in [0.1, 0.15) is 36.9 Å². The number of amides is 2. The van der Waals surface area contributed by atoms with Gasteiger partial charge in [-0.3, -0.25) is 9.59 Å². The van der Waals surface area contributed by atoms with E-state index < -0.39 is 0 Å². The number of nitrogens with two attached hydrogens (primary N) is 1. The maximum atomic E-state index is 11.9. The minimum atomic E-state index is -0.386. The Bertz CT molecular complexity index is 472. The van der Waals surface area contributed by atoms with Crippen LogP contribution in [0.3, 0.4) is 0 Å². The van der Waals surface area contributed by atoms with Gasteiger partial charge in [-0.1, -0.05) is 18.3 Å². The zero-order valence-electron chi connectivity index (χ0n) is 11.9. The largest absolute Gasteiger partial charge is 0.382 e. The summed E-state index contributed by atoms with van der Waals surface area (Å²) in [7, 11) is 0. The molecule has 0 saturated heterocycles. The van der Waals surface area contributed by atoms with Gasteiger partial charge in [0.2, 0.25) is 5.91 Å². The van der Waals surface area contributed by atoms with Crippen molar-refractivity contribution in [3.05, 3.63) is 4.88 Å². The number of rotatable bonds is 7. The van der Waals surface area contributed by atoms with E-state index in [0.717, 1.165) is 13.0 Å². The highest BCUT2D eigenvalue weighted by Crippen LogP contribution is 2.24. The number of carbonyl (C=O) groups excluding carboxylic acids is 2. The van der Waals surface area contributed by atoms with Crippen LogP contribution in [0.4, 0.5) is 10.9 Å². The molecule has 0 aliphatic rings. The van der Waals surface area contributed by atoms with Crippen molar-refractivity contribution in [3.63, 3.8) is 0 Å². The molecule has 0 aliphatic heterocycles. The van der Waals surface area contributed by atoms with Gasteiger partial charge in [-0.2, -0.15) is 0 Å². The molecule has 1 aromatic heterocycles. The minimum absolute atomic E-state index is 0.0396. The molecule has 0 aromatic carbocycles. The van der Waals surface area contributed by atoms with Crippen LogP contribution >= 0.6 is 11.3 Å². The summed E-state index contributed by atoms with van der Waals surface area (Å²) >= 11 is 1.18. The van der Waals surface area contributed by atoms with E-state index in [1.807, 2.05) is 20.8 Å². The first-order valence-corrected chi connectivity index (χ1v) is 7.33. The third kappa shape index (κ3) is 5.04. The van der Waals surface area contributed by atoms with Gasteiger partial charge in [0.05, 0.1) is 6.54 Å². The zero-order valence-corrected chi connectivity index (χ0v) is 12.8. The summed E-state index contributed by atoms with van der Waals surface area (Å²) < 4.78 is 0. The van der Waals surface area contributed by atoms with Crippen LogP contribution in [0.25, 0.3) is 0 Å². The van der Waals surface area contributed by atoms with Gasteiger partial charge in [0, 0.05) is 12.6 Å². The first-order chi connectivity index (χ1) is 9.43. The van der Waals surface area contributed by atoms with Crippen LogP contribution < -0.4 is 21.7 Å². The molecular formula is C12H21N5O2S. The Labute approximate surface area is 122 Å². The predicted molar refractivity (Wildman–Crippen MR) is 80.9 cm³/mol. The molecule has 0 fully saturated rings. The van der Waals surface area contributed by atoms with Crippen molar-refractivity contribution in [2.45, 2.75) is 33.2 Å². The minimum Gasteiger partial charge on any atom is -0.382 e. The highest BCUT2D eigenvalue weighted by atomic mass is 32.1. The first-order valence-electron chi connectivity index (χ1n) is 6.51. The molecule has 7 nitrogen and oxygen atoms in total. The highest BCUT2D eigenvalue weighted by molar-refractivity contribution is 7.18. The van der Waals surface area contributed by atoms with Crippen molar-refractivity contribution in [1.82, 2.24) is 15.6 Å². The van der Waals surface area contributed by atoms with Gasteiger partial charge in [-0.15, -0.1) is 0 Å². The van der Waals surface area contributed by atoms with Gasteiger partial charge < -0.3 is 21.7 Å². The van der Waals surface area contributed by atoms with Crippen molar-refractivity contribution in [2.75, 3.05) is 24.1 Å². The van der Waals surface area contributed by atoms with Gasteiger partial charge in [0.25, 0.3) is 5.91 Å². The van der Waals surface area contributed by atoms with Crippen molar-refractivity contribution in [3.8, 4) is 0 Å². The molecule has 0 aliphatic carbocycles. The van der Waals surface area contributed by atoms with Gasteiger partial charge in [-0.25, -0.2) is 4.98 Å². The second-order valence-corrected chi connectivity index (χ2v) is 5.56. The van der Waals surface area contributed by atoms with E-state index in [9.17, 15) is 9.59 Å². The van der Waals surface area contributed by atoms with Gasteiger partial charge in [0.1, 0.15) is 10.7 Å². The second-order valence-electron chi connectivity index (χ2n) is 4.57. The topological polar surface area (TPSA) is 109 Å². The van der Waals surface area contributed by atoms with E-state index >= 15 is 0 Å². The highest BCUT2D eigenvalue weighted by Gasteiger charge is 2.16. The van der Waals surface area contributed by atoms with E-state index in [1.54, 1.807) is 0 Å². The fraction of sp³-hybridized carbons (Fsp3) is 0.583. The van der Waals surface area contributed by atoms with Crippen molar-refractivity contribution >= 4 is 34.1 Å². The lowest BCUT2D eigenvalue weighted by Crippen LogP contribution is -2.39. The summed E-state index contributed by atoms with van der Waals surface area (Å²) in [5.74, 6) is -0.445. The maximum absolute atomic E-state index is 11.9. The lowest BCUT2D eigenvalue weighted by atomic mass is 10.4. The first kappa shape index (κ1) is 16.2. The van der Waals surface area contributed by atoms with E-state index in [2.05, 4.69) is 20.9 Å². The Kier molecular flexibility index (Phi) is 6.23. The molecule has 0 unspecified atom stereocenters. The van der Waals surface area contributed by atoms with E-state index in [0.29, 0.717) is 10.0 Å². The fourth-order valence-corrected chi connectivity index (χ4v) is 2.24. The van der Waals surface area contributed by atoms with E-state index in [4.69, 9.17) is 5.73 Å². The number of carbonyl (C=O) groups is 2. The molecule has 1 rings (SSSR count). The number of nitrogens with one attached hydrogen (secondary N) is 3. The molecule has 8 heteroatoms. The molecule has 20 heavy (non-hydrogen) atoms. The van der Waals surface area contributed by atoms with Crippen LogP contribution in [-0.4, -0.2) is 35.9 Å². The quantitative estimate of drug-likeness (QED) is 0.595. The molecule has 0 radical (unpaired) electrons. The SMILES string of the molecule is CCCNc1nc(N)c(C(=O)NCC(=O)NC(C)C)s1. The molecule has 5 N–H and O–H groups in total. The third-order valence-electron chi connectivity index (χ3n) is 2.24. The van der Waals surface area contributed by atoms with Crippen molar-refractivity contribution in [1.29, 1.82) is 0 Å². The summed E-state index contributed by atoms with van der Waals surface area (Å²) in [6.07, 6.45) is 0.955. The average molecular weight is 299 g/mol. The molecule has 1 aromatic rings. The van der Waals surface area contributed by atoms with Crippen LogP contribution in [0.2, 0.25) is 0 Å². The number of aromatic nitrogens is 1. The average Bonchev–Trinajstić information content (AvgIpc) is 2.74. The number of anilines is 2. The second kappa shape index (κ2) is 7.68. The van der Waals surface area contributed by atoms with E-state index in [-0.39, 0.29) is 30.2 Å². The maximum Gasteiger partial charge on any atom is 0.265 e. The number of hydrogen-bond acceptors (Lipinski definition) is 6. The summed E-state index contributed by atoms with van der Waals surface area (Å²) in [5, 5.41) is 8.90. The molecule has 0 bridgehead atoms. The summed E-state index contributed by atoms with van der Waals surface area (Å²) in [5.41, 5.74) is 5.70. The van der Waals surface area contributed by atoms with Crippen LogP contribution in [0.5, 0.6) is 0 Å². The Morgan fingerprint density at radius 2 is 2.10 bits per heavy atom. The number of nitrogen functional groups attached to an aromatic ring is 1. The lowest BCUT2D eigenvalue weighted by molar-refractivity contribution is -0.120. The Morgan fingerprint density at radius 1 is 1.40 bits per heavy atom. The van der Waals surface area contributed by atoms with E-state index in [1.165, 1.54) is 11.3 Å². The van der Waals surface area contributed by atoms with Gasteiger partial charge in [-0.05, 0) is 20.3 Å². The normalized spacial score (nSPS) is 10.4. The van der Waals surface area contributed by atoms with Crippen molar-refractivity contribution < 1.29 is 9.59 Å². The lowest BCUT2D eigenvalue weighted by Gasteiger charge is -2.08. The molecule has 2 amide bonds. The Hall–Kier alpha value is -1.83. The fourth-order valence-electron chi connectivity index (χ4n) is 1.42.